The van der Waals surface area contributed by atoms with Gasteiger partial charge < -0.3 is 10.2 Å². The fraction of sp³-hybridized carbons (Fsp3) is 0.941. The molecule has 2 aliphatic rings. The van der Waals surface area contributed by atoms with Crippen LogP contribution in [0.25, 0.3) is 0 Å². The zero-order valence-electron chi connectivity index (χ0n) is 14.3. The summed E-state index contributed by atoms with van der Waals surface area (Å²) in [4.78, 5) is 17.1. The van der Waals surface area contributed by atoms with E-state index >= 15 is 0 Å². The van der Waals surface area contributed by atoms with E-state index in [-0.39, 0.29) is 0 Å². The molecule has 1 amide bonds. The van der Waals surface area contributed by atoms with Gasteiger partial charge in [-0.05, 0) is 31.1 Å². The Labute approximate surface area is 130 Å². The summed E-state index contributed by atoms with van der Waals surface area (Å²) in [6, 6.07) is 1.30. The van der Waals surface area contributed by atoms with Crippen molar-refractivity contribution in [3.8, 4) is 0 Å². The first-order valence-corrected chi connectivity index (χ1v) is 8.70. The van der Waals surface area contributed by atoms with Gasteiger partial charge in [-0.3, -0.25) is 9.69 Å². The topological polar surface area (TPSA) is 35.6 Å². The lowest BCUT2D eigenvalue weighted by molar-refractivity contribution is -0.133. The van der Waals surface area contributed by atoms with Crippen molar-refractivity contribution in [2.24, 2.45) is 11.8 Å². The number of carbonyl (C=O) groups excluding carboxylic acids is 1. The highest BCUT2D eigenvalue weighted by Gasteiger charge is 2.30. The van der Waals surface area contributed by atoms with E-state index in [1.54, 1.807) is 0 Å². The largest absolute Gasteiger partial charge is 0.341 e. The number of hydrogen-bond donors (Lipinski definition) is 1. The third kappa shape index (κ3) is 5.26. The van der Waals surface area contributed by atoms with E-state index in [1.165, 1.54) is 19.3 Å². The third-order valence-corrected chi connectivity index (χ3v) is 4.49. The highest BCUT2D eigenvalue weighted by Crippen LogP contribution is 2.20. The number of amides is 1. The van der Waals surface area contributed by atoms with Crippen LogP contribution in [0.1, 0.15) is 47.0 Å². The van der Waals surface area contributed by atoms with Crippen LogP contribution in [-0.2, 0) is 4.79 Å². The number of nitrogens with zero attached hydrogens (tertiary/aromatic N) is 2. The van der Waals surface area contributed by atoms with Crippen molar-refractivity contribution in [2.45, 2.75) is 59.0 Å². The molecular formula is C17H33N3O. The molecule has 0 aromatic rings. The van der Waals surface area contributed by atoms with Crippen molar-refractivity contribution in [1.29, 1.82) is 0 Å². The fourth-order valence-corrected chi connectivity index (χ4v) is 3.61. The molecule has 2 aliphatic heterocycles. The molecular weight excluding hydrogens is 262 g/mol. The van der Waals surface area contributed by atoms with Gasteiger partial charge in [-0.2, -0.15) is 0 Å². The van der Waals surface area contributed by atoms with Gasteiger partial charge in [0.1, 0.15) is 0 Å². The van der Waals surface area contributed by atoms with E-state index < -0.39 is 0 Å². The van der Waals surface area contributed by atoms with Crippen LogP contribution in [0, 0.1) is 11.8 Å². The highest BCUT2D eigenvalue weighted by molar-refractivity contribution is 5.78. The summed E-state index contributed by atoms with van der Waals surface area (Å²) < 4.78 is 0. The van der Waals surface area contributed by atoms with Crippen LogP contribution in [0.2, 0.25) is 0 Å². The van der Waals surface area contributed by atoms with Crippen LogP contribution in [0.4, 0.5) is 0 Å². The molecule has 0 aromatic heterocycles. The van der Waals surface area contributed by atoms with Gasteiger partial charge >= 0.3 is 0 Å². The summed E-state index contributed by atoms with van der Waals surface area (Å²) in [7, 11) is 0. The van der Waals surface area contributed by atoms with Crippen LogP contribution in [0.15, 0.2) is 0 Å². The summed E-state index contributed by atoms with van der Waals surface area (Å²) >= 11 is 0. The minimum Gasteiger partial charge on any atom is -0.341 e. The van der Waals surface area contributed by atoms with Crippen molar-refractivity contribution < 1.29 is 4.79 Å². The first-order chi connectivity index (χ1) is 9.94. The van der Waals surface area contributed by atoms with Crippen LogP contribution in [0.5, 0.6) is 0 Å². The lowest BCUT2D eigenvalue weighted by Crippen LogP contribution is -2.45. The Morgan fingerprint density at radius 3 is 2.33 bits per heavy atom. The van der Waals surface area contributed by atoms with E-state index in [0.717, 1.165) is 26.2 Å². The average molecular weight is 295 g/mol. The molecule has 0 saturated carbocycles. The summed E-state index contributed by atoms with van der Waals surface area (Å²) in [6.45, 7) is 13.2. The molecule has 0 spiro atoms. The third-order valence-electron chi connectivity index (χ3n) is 4.49. The number of likely N-dealkylation sites (tertiary alicyclic amines) is 1. The quantitative estimate of drug-likeness (QED) is 0.813. The van der Waals surface area contributed by atoms with Gasteiger partial charge in [-0.25, -0.2) is 0 Å². The van der Waals surface area contributed by atoms with Crippen molar-refractivity contribution in [2.75, 3.05) is 32.7 Å². The Hall–Kier alpha value is -0.610. The lowest BCUT2D eigenvalue weighted by atomic mass is 10.1. The number of fused-ring (bicyclic) bond motifs is 2. The van der Waals surface area contributed by atoms with Gasteiger partial charge in [-0.1, -0.05) is 27.7 Å². The molecule has 0 aliphatic carbocycles. The molecule has 21 heavy (non-hydrogen) atoms. The van der Waals surface area contributed by atoms with E-state index in [4.69, 9.17) is 0 Å². The maximum Gasteiger partial charge on any atom is 0.236 e. The first-order valence-electron chi connectivity index (χ1n) is 8.70. The van der Waals surface area contributed by atoms with Gasteiger partial charge in [-0.15, -0.1) is 0 Å². The van der Waals surface area contributed by atoms with E-state index in [9.17, 15) is 4.79 Å². The molecule has 2 fully saturated rings. The molecule has 2 atom stereocenters. The minimum absolute atomic E-state index is 0.315. The summed E-state index contributed by atoms with van der Waals surface area (Å²) in [5, 5.41) is 3.68. The molecule has 0 aromatic carbocycles. The van der Waals surface area contributed by atoms with Crippen LogP contribution in [-0.4, -0.2) is 60.5 Å². The van der Waals surface area contributed by atoms with Crippen LogP contribution < -0.4 is 5.32 Å². The second-order valence-corrected chi connectivity index (χ2v) is 7.75. The second kappa shape index (κ2) is 7.59. The van der Waals surface area contributed by atoms with Gasteiger partial charge in [0.25, 0.3) is 0 Å². The SMILES string of the molecule is CC(C)CN(CC(C)C)C(=O)CN1CCC2CCC(C1)N2. The molecule has 2 heterocycles. The Balaban J connectivity index is 1.87. The summed E-state index contributed by atoms with van der Waals surface area (Å²) in [6.07, 6.45) is 3.79. The second-order valence-electron chi connectivity index (χ2n) is 7.75. The Bertz CT molecular complexity index is 333. The van der Waals surface area contributed by atoms with E-state index in [0.29, 0.717) is 36.4 Å². The van der Waals surface area contributed by atoms with Crippen molar-refractivity contribution >= 4 is 5.91 Å². The molecule has 122 valence electrons. The van der Waals surface area contributed by atoms with Crippen molar-refractivity contribution in [1.82, 2.24) is 15.1 Å². The molecule has 2 rings (SSSR count). The van der Waals surface area contributed by atoms with Crippen LogP contribution in [0.3, 0.4) is 0 Å². The minimum atomic E-state index is 0.315. The zero-order valence-corrected chi connectivity index (χ0v) is 14.3. The number of hydrogen-bond acceptors (Lipinski definition) is 3. The fourth-order valence-electron chi connectivity index (χ4n) is 3.61. The molecule has 2 unspecified atom stereocenters. The summed E-state index contributed by atoms with van der Waals surface area (Å²) in [5.74, 6) is 1.39. The molecule has 0 radical (unpaired) electrons. The predicted octanol–water partition coefficient (Wildman–Crippen LogP) is 1.95. The van der Waals surface area contributed by atoms with Crippen molar-refractivity contribution in [3.05, 3.63) is 0 Å². The highest BCUT2D eigenvalue weighted by atomic mass is 16.2. The van der Waals surface area contributed by atoms with Gasteiger partial charge in [0.05, 0.1) is 6.54 Å². The molecule has 2 saturated heterocycles. The van der Waals surface area contributed by atoms with Crippen molar-refractivity contribution in [3.63, 3.8) is 0 Å². The Morgan fingerprint density at radius 1 is 1.10 bits per heavy atom. The predicted molar refractivity (Wildman–Crippen MR) is 87.3 cm³/mol. The lowest BCUT2D eigenvalue weighted by Gasteiger charge is -2.30. The monoisotopic (exact) mass is 295 g/mol. The van der Waals surface area contributed by atoms with Gasteiger partial charge in [0.2, 0.25) is 5.91 Å². The molecule has 4 heteroatoms. The average Bonchev–Trinajstić information content (AvgIpc) is 2.70. The van der Waals surface area contributed by atoms with E-state index in [2.05, 4.69) is 42.8 Å². The number of carbonyl (C=O) groups is 1. The Kier molecular flexibility index (Phi) is 6.06. The smallest absolute Gasteiger partial charge is 0.236 e. The first kappa shape index (κ1) is 16.8. The standard InChI is InChI=1S/C17H33N3O/c1-13(2)9-20(10-14(3)4)17(21)12-19-8-7-15-5-6-16(11-19)18-15/h13-16,18H,5-12H2,1-4H3. The van der Waals surface area contributed by atoms with Gasteiger partial charge in [0.15, 0.2) is 0 Å². The summed E-state index contributed by atoms with van der Waals surface area (Å²) in [5.41, 5.74) is 0. The van der Waals surface area contributed by atoms with E-state index in [1.807, 2.05) is 0 Å². The molecule has 2 bridgehead atoms. The Morgan fingerprint density at radius 2 is 1.71 bits per heavy atom. The molecule has 1 N–H and O–H groups in total. The van der Waals surface area contributed by atoms with Gasteiger partial charge in [0, 0.05) is 38.3 Å². The normalized spacial score (nSPS) is 26.4. The maximum absolute atomic E-state index is 12.7. The molecule has 4 nitrogen and oxygen atoms in total. The number of rotatable bonds is 6. The zero-order chi connectivity index (χ0) is 15.4. The number of nitrogens with one attached hydrogen (secondary N) is 1. The van der Waals surface area contributed by atoms with Crippen LogP contribution >= 0.6 is 0 Å². The maximum atomic E-state index is 12.7.